The topological polar surface area (TPSA) is 29.1 Å². The summed E-state index contributed by atoms with van der Waals surface area (Å²) in [5, 5.41) is 0. The van der Waals surface area contributed by atoms with Crippen LogP contribution in [-0.2, 0) is 4.79 Å². The Kier molecular flexibility index (Phi) is 16.5. The minimum absolute atomic E-state index is 0.314. The zero-order valence-electron chi connectivity index (χ0n) is 13.8. The molecule has 0 aromatic rings. The summed E-state index contributed by atoms with van der Waals surface area (Å²) < 4.78 is 11.7. The summed E-state index contributed by atoms with van der Waals surface area (Å²) in [6.45, 7) is 2.25. The largest absolute Gasteiger partial charge is 0.273 e. The smallest absolute Gasteiger partial charge is 0.247 e. The van der Waals surface area contributed by atoms with Crippen LogP contribution in [-0.4, -0.2) is 5.91 Å². The van der Waals surface area contributed by atoms with Crippen molar-refractivity contribution in [2.24, 2.45) is 0 Å². The van der Waals surface area contributed by atoms with Gasteiger partial charge >= 0.3 is 0 Å². The number of amides is 1. The predicted octanol–water partition coefficient (Wildman–Crippen LogP) is 6.02. The van der Waals surface area contributed by atoms with Crippen LogP contribution in [0, 0.1) is 0 Å². The van der Waals surface area contributed by atoms with Gasteiger partial charge in [-0.3, -0.25) is 4.79 Å². The Labute approximate surface area is 130 Å². The normalized spacial score (nSPS) is 11.1. The number of hydrogen-bond donors (Lipinski definition) is 1. The van der Waals surface area contributed by atoms with Crippen LogP contribution in [0.15, 0.2) is 12.2 Å². The number of carbonyl (C=O) groups excluding carboxylic acids is 1. The summed E-state index contributed by atoms with van der Waals surface area (Å²) in [6.07, 6.45) is 20.9. The van der Waals surface area contributed by atoms with Gasteiger partial charge in [-0.1, -0.05) is 70.4 Å². The highest BCUT2D eigenvalue weighted by Gasteiger charge is 1.98. The Morgan fingerprint density at radius 1 is 0.810 bits per heavy atom. The molecule has 0 radical (unpaired) electrons. The molecule has 0 heterocycles. The van der Waals surface area contributed by atoms with E-state index in [1.165, 1.54) is 69.7 Å². The highest BCUT2D eigenvalue weighted by atomic mass is 19.2. The molecule has 1 amide bonds. The van der Waals surface area contributed by atoms with Gasteiger partial charge in [0.2, 0.25) is 5.91 Å². The second kappa shape index (κ2) is 17.2. The Hall–Kier alpha value is -0.860. The first kappa shape index (κ1) is 20.1. The Balaban J connectivity index is 3.10. The minimum Gasteiger partial charge on any atom is -0.273 e. The monoisotopic (exact) mass is 299 g/mol. The quantitative estimate of drug-likeness (QED) is 0.223. The third kappa shape index (κ3) is 17.1. The molecule has 0 bridgehead atoms. The summed E-state index contributed by atoms with van der Waals surface area (Å²) in [4.78, 5) is 10.7. The zero-order chi connectivity index (χ0) is 15.6. The third-order valence-corrected chi connectivity index (χ3v) is 3.77. The molecular formula is C18H34FNO. The maximum absolute atomic E-state index is 11.7. The SMILES string of the molecule is CCCCCCCCC=CCCCCCCCC(=O)NF. The fraction of sp³-hybridized carbons (Fsp3) is 0.833. The van der Waals surface area contributed by atoms with Crippen LogP contribution in [0.5, 0.6) is 0 Å². The number of allylic oxidation sites excluding steroid dienone is 2. The van der Waals surface area contributed by atoms with E-state index in [2.05, 4.69) is 19.1 Å². The summed E-state index contributed by atoms with van der Waals surface area (Å²) in [5.74, 6) is -0.493. The van der Waals surface area contributed by atoms with E-state index in [1.54, 1.807) is 0 Å². The van der Waals surface area contributed by atoms with Crippen molar-refractivity contribution in [3.8, 4) is 0 Å². The molecule has 0 rings (SSSR count). The molecule has 0 spiro atoms. The van der Waals surface area contributed by atoms with Crippen molar-refractivity contribution in [2.45, 2.75) is 96.8 Å². The van der Waals surface area contributed by atoms with Crippen LogP contribution in [0.3, 0.4) is 0 Å². The molecule has 0 fully saturated rings. The Morgan fingerprint density at radius 2 is 1.29 bits per heavy atom. The highest BCUT2D eigenvalue weighted by molar-refractivity contribution is 5.74. The van der Waals surface area contributed by atoms with Gasteiger partial charge < -0.3 is 0 Å². The van der Waals surface area contributed by atoms with Crippen molar-refractivity contribution in [3.05, 3.63) is 12.2 Å². The molecule has 0 unspecified atom stereocenters. The molecule has 1 N–H and O–H groups in total. The number of rotatable bonds is 15. The molecule has 0 aliphatic rings. The van der Waals surface area contributed by atoms with Crippen LogP contribution < -0.4 is 5.54 Å². The molecule has 0 aromatic heterocycles. The average molecular weight is 299 g/mol. The van der Waals surface area contributed by atoms with E-state index < -0.39 is 5.91 Å². The van der Waals surface area contributed by atoms with Crippen molar-refractivity contribution in [3.63, 3.8) is 0 Å². The second-order valence-electron chi connectivity index (χ2n) is 5.85. The molecule has 0 atom stereocenters. The molecule has 0 aliphatic carbocycles. The lowest BCUT2D eigenvalue weighted by Crippen LogP contribution is -2.12. The lowest BCUT2D eigenvalue weighted by atomic mass is 10.1. The van der Waals surface area contributed by atoms with Crippen LogP contribution in [0.4, 0.5) is 4.48 Å². The Bertz CT molecular complexity index is 254. The van der Waals surface area contributed by atoms with Gasteiger partial charge in [0.15, 0.2) is 0 Å². The fourth-order valence-electron chi connectivity index (χ4n) is 2.40. The van der Waals surface area contributed by atoms with Gasteiger partial charge in [0.05, 0.1) is 0 Å². The van der Waals surface area contributed by atoms with E-state index >= 15 is 0 Å². The molecule has 0 aliphatic heterocycles. The average Bonchev–Trinajstić information content (AvgIpc) is 2.50. The van der Waals surface area contributed by atoms with Crippen LogP contribution in [0.1, 0.15) is 96.8 Å². The first-order valence-corrected chi connectivity index (χ1v) is 8.85. The fourth-order valence-corrected chi connectivity index (χ4v) is 2.40. The van der Waals surface area contributed by atoms with Crippen molar-refractivity contribution in [1.29, 1.82) is 0 Å². The lowest BCUT2D eigenvalue weighted by Gasteiger charge is -1.99. The van der Waals surface area contributed by atoms with Gasteiger partial charge in [0.1, 0.15) is 0 Å². The number of hydrogen-bond acceptors (Lipinski definition) is 1. The number of halogens is 1. The van der Waals surface area contributed by atoms with Crippen LogP contribution in [0.2, 0.25) is 0 Å². The molecule has 21 heavy (non-hydrogen) atoms. The Morgan fingerprint density at radius 3 is 1.81 bits per heavy atom. The maximum Gasteiger partial charge on any atom is 0.247 e. The minimum atomic E-state index is -0.493. The van der Waals surface area contributed by atoms with E-state index in [1.807, 2.05) is 0 Å². The molecule has 0 aromatic carbocycles. The number of carbonyl (C=O) groups is 1. The molecule has 0 saturated carbocycles. The van der Waals surface area contributed by atoms with Gasteiger partial charge in [-0.05, 0) is 32.1 Å². The van der Waals surface area contributed by atoms with E-state index in [0.29, 0.717) is 6.42 Å². The maximum atomic E-state index is 11.7. The van der Waals surface area contributed by atoms with Gasteiger partial charge in [0.25, 0.3) is 0 Å². The van der Waals surface area contributed by atoms with Crippen molar-refractivity contribution in [1.82, 2.24) is 5.54 Å². The van der Waals surface area contributed by atoms with E-state index in [4.69, 9.17) is 0 Å². The predicted molar refractivity (Wildman–Crippen MR) is 88.7 cm³/mol. The van der Waals surface area contributed by atoms with E-state index in [9.17, 15) is 9.28 Å². The standard InChI is InChI=1S/C18H34FNO/c1-2-3-4-5-6-7-8-9-10-11-12-13-14-15-16-17-18(21)20-19/h9-10H,2-8,11-17H2,1H3,(H,20,21). The summed E-state index contributed by atoms with van der Waals surface area (Å²) in [6, 6.07) is 0. The first-order chi connectivity index (χ1) is 10.3. The highest BCUT2D eigenvalue weighted by Crippen LogP contribution is 2.09. The van der Waals surface area contributed by atoms with Crippen molar-refractivity contribution < 1.29 is 9.28 Å². The molecule has 3 heteroatoms. The molecule has 0 saturated heterocycles. The molecular weight excluding hydrogens is 265 g/mol. The number of nitrogens with one attached hydrogen (secondary N) is 1. The number of unbranched alkanes of at least 4 members (excludes halogenated alkanes) is 11. The third-order valence-electron chi connectivity index (χ3n) is 3.77. The summed E-state index contributed by atoms with van der Waals surface area (Å²) in [7, 11) is 0. The van der Waals surface area contributed by atoms with Gasteiger partial charge in [-0.25, -0.2) is 0 Å². The van der Waals surface area contributed by atoms with Gasteiger partial charge in [-0.2, -0.15) is 5.54 Å². The molecule has 124 valence electrons. The molecule has 2 nitrogen and oxygen atoms in total. The lowest BCUT2D eigenvalue weighted by molar-refractivity contribution is -0.125. The summed E-state index contributed by atoms with van der Waals surface area (Å²) in [5.41, 5.74) is 1.17. The van der Waals surface area contributed by atoms with Crippen molar-refractivity contribution >= 4 is 5.91 Å². The van der Waals surface area contributed by atoms with Gasteiger partial charge in [-0.15, -0.1) is 4.48 Å². The first-order valence-electron chi connectivity index (χ1n) is 8.85. The van der Waals surface area contributed by atoms with Crippen molar-refractivity contribution in [2.75, 3.05) is 0 Å². The van der Waals surface area contributed by atoms with E-state index in [0.717, 1.165) is 19.3 Å². The van der Waals surface area contributed by atoms with Crippen LogP contribution in [0.25, 0.3) is 0 Å². The zero-order valence-corrected chi connectivity index (χ0v) is 13.8. The second-order valence-corrected chi connectivity index (χ2v) is 5.85. The van der Waals surface area contributed by atoms with Crippen LogP contribution >= 0.6 is 0 Å². The summed E-state index contributed by atoms with van der Waals surface area (Å²) >= 11 is 0. The van der Waals surface area contributed by atoms with Gasteiger partial charge in [0, 0.05) is 6.42 Å². The van der Waals surface area contributed by atoms with E-state index in [-0.39, 0.29) is 0 Å².